The van der Waals surface area contributed by atoms with E-state index in [9.17, 15) is 13.6 Å². The van der Waals surface area contributed by atoms with Crippen molar-refractivity contribution in [2.75, 3.05) is 11.5 Å². The number of benzene rings is 1. The minimum atomic E-state index is -2.90. The van der Waals surface area contributed by atoms with Crippen LogP contribution in [0.1, 0.15) is 11.6 Å². The maximum atomic E-state index is 12.3. The highest BCUT2D eigenvalue weighted by molar-refractivity contribution is 7.99. The number of hydrogen-bond donors (Lipinski definition) is 2. The van der Waals surface area contributed by atoms with Crippen LogP contribution in [0.15, 0.2) is 24.3 Å². The van der Waals surface area contributed by atoms with E-state index in [-0.39, 0.29) is 11.8 Å². The molecule has 1 aliphatic rings. The Hall–Kier alpha value is -1.34. The largest absolute Gasteiger partial charge is 0.480 e. The van der Waals surface area contributed by atoms with Crippen molar-refractivity contribution in [1.82, 2.24) is 5.32 Å². The summed E-state index contributed by atoms with van der Waals surface area (Å²) in [6.45, 7) is -2.90. The van der Waals surface area contributed by atoms with Gasteiger partial charge in [0.1, 0.15) is 11.8 Å². The highest BCUT2D eigenvalue weighted by atomic mass is 32.2. The van der Waals surface area contributed by atoms with E-state index in [1.807, 2.05) is 0 Å². The van der Waals surface area contributed by atoms with Gasteiger partial charge in [0.25, 0.3) is 0 Å². The summed E-state index contributed by atoms with van der Waals surface area (Å²) in [5.74, 6) is 0.225. The van der Waals surface area contributed by atoms with Gasteiger partial charge in [-0.25, -0.2) is 0 Å². The van der Waals surface area contributed by atoms with Crippen LogP contribution in [-0.2, 0) is 4.79 Å². The van der Waals surface area contributed by atoms with Crippen molar-refractivity contribution in [3.05, 3.63) is 29.8 Å². The molecule has 19 heavy (non-hydrogen) atoms. The van der Waals surface area contributed by atoms with Gasteiger partial charge in [0, 0.05) is 23.1 Å². The summed E-state index contributed by atoms with van der Waals surface area (Å²) in [7, 11) is 0. The van der Waals surface area contributed by atoms with Crippen LogP contribution >= 0.6 is 11.8 Å². The van der Waals surface area contributed by atoms with E-state index in [2.05, 4.69) is 10.1 Å². The molecule has 2 rings (SSSR count). The molecule has 104 valence electrons. The number of nitrogens with one attached hydrogen (secondary N) is 1. The third-order valence-electron chi connectivity index (χ3n) is 2.78. The van der Waals surface area contributed by atoms with E-state index in [1.54, 1.807) is 18.2 Å². The van der Waals surface area contributed by atoms with Crippen molar-refractivity contribution in [3.8, 4) is 5.75 Å². The quantitative estimate of drug-likeness (QED) is 0.889. The van der Waals surface area contributed by atoms with Crippen molar-refractivity contribution >= 4 is 17.7 Å². The molecule has 1 heterocycles. The van der Waals surface area contributed by atoms with E-state index < -0.39 is 18.6 Å². The lowest BCUT2D eigenvalue weighted by Crippen LogP contribution is -2.45. The number of halogens is 2. The molecule has 1 aromatic carbocycles. The molecule has 0 amide bonds. The Labute approximate surface area is 113 Å². The number of carbonyl (C=O) groups is 1. The molecule has 4 nitrogen and oxygen atoms in total. The maximum Gasteiger partial charge on any atom is 0.387 e. The van der Waals surface area contributed by atoms with Crippen molar-refractivity contribution in [3.63, 3.8) is 0 Å². The zero-order valence-electron chi connectivity index (χ0n) is 9.88. The minimum absolute atomic E-state index is 0.0849. The van der Waals surface area contributed by atoms with Crippen LogP contribution in [0.3, 0.4) is 0 Å². The second-order valence-electron chi connectivity index (χ2n) is 4.06. The first-order chi connectivity index (χ1) is 9.08. The summed E-state index contributed by atoms with van der Waals surface area (Å²) in [6, 6.07) is 5.45. The average Bonchev–Trinajstić information content (AvgIpc) is 2.39. The van der Waals surface area contributed by atoms with E-state index in [1.165, 1.54) is 17.8 Å². The lowest BCUT2D eigenvalue weighted by atomic mass is 10.1. The van der Waals surface area contributed by atoms with Gasteiger partial charge in [0.2, 0.25) is 0 Å². The Morgan fingerprint density at radius 2 is 2.16 bits per heavy atom. The molecular weight excluding hydrogens is 276 g/mol. The molecule has 1 aromatic rings. The number of para-hydroxylation sites is 1. The van der Waals surface area contributed by atoms with Crippen molar-refractivity contribution in [2.45, 2.75) is 18.7 Å². The summed E-state index contributed by atoms with van der Waals surface area (Å²) >= 11 is 1.48. The van der Waals surface area contributed by atoms with Gasteiger partial charge in [0.15, 0.2) is 0 Å². The predicted molar refractivity (Wildman–Crippen MR) is 67.7 cm³/mol. The predicted octanol–water partition coefficient (Wildman–Crippen LogP) is 2.12. The molecule has 0 aliphatic carbocycles. The van der Waals surface area contributed by atoms with E-state index in [4.69, 9.17) is 5.11 Å². The Kier molecular flexibility index (Phi) is 4.60. The second kappa shape index (κ2) is 6.21. The molecule has 1 aliphatic heterocycles. The number of carboxylic acid groups (broad SMARTS) is 1. The first kappa shape index (κ1) is 14.1. The molecule has 0 bridgehead atoms. The summed E-state index contributed by atoms with van der Waals surface area (Å²) in [5.41, 5.74) is 0.557. The summed E-state index contributed by atoms with van der Waals surface area (Å²) in [6.07, 6.45) is 0. The van der Waals surface area contributed by atoms with Crippen molar-refractivity contribution in [2.24, 2.45) is 0 Å². The topological polar surface area (TPSA) is 58.6 Å². The van der Waals surface area contributed by atoms with Gasteiger partial charge in [-0.3, -0.25) is 10.1 Å². The number of rotatable bonds is 4. The second-order valence-corrected chi connectivity index (χ2v) is 5.14. The molecule has 0 radical (unpaired) electrons. The Balaban J connectivity index is 2.18. The molecule has 2 atom stereocenters. The van der Waals surface area contributed by atoms with Crippen molar-refractivity contribution < 1.29 is 23.4 Å². The molecular formula is C12H13F2NO3S. The van der Waals surface area contributed by atoms with Crippen LogP contribution in [0.25, 0.3) is 0 Å². The normalized spacial score (nSPS) is 23.3. The molecule has 7 heteroatoms. The maximum absolute atomic E-state index is 12.3. The number of aliphatic carboxylic acids is 1. The lowest BCUT2D eigenvalue weighted by molar-refractivity contribution is -0.139. The van der Waals surface area contributed by atoms with E-state index in [0.717, 1.165) is 0 Å². The summed E-state index contributed by atoms with van der Waals surface area (Å²) in [4.78, 5) is 11.0. The van der Waals surface area contributed by atoms with Crippen LogP contribution in [0.5, 0.6) is 5.75 Å². The van der Waals surface area contributed by atoms with Gasteiger partial charge in [-0.2, -0.15) is 20.5 Å². The van der Waals surface area contributed by atoms with Gasteiger partial charge in [0.05, 0.1) is 0 Å². The first-order valence-corrected chi connectivity index (χ1v) is 6.83. The summed E-state index contributed by atoms with van der Waals surface area (Å²) in [5, 5.41) is 11.9. The third-order valence-corrected chi connectivity index (χ3v) is 3.92. The number of ether oxygens (including phenoxy) is 1. The zero-order chi connectivity index (χ0) is 13.8. The lowest BCUT2D eigenvalue weighted by Gasteiger charge is -2.29. The molecule has 2 unspecified atom stereocenters. The Bertz CT molecular complexity index is 458. The number of hydrogen-bond acceptors (Lipinski definition) is 4. The molecule has 0 saturated carbocycles. The first-order valence-electron chi connectivity index (χ1n) is 5.68. The average molecular weight is 289 g/mol. The zero-order valence-corrected chi connectivity index (χ0v) is 10.7. The van der Waals surface area contributed by atoms with E-state index in [0.29, 0.717) is 17.1 Å². The summed E-state index contributed by atoms with van der Waals surface area (Å²) < 4.78 is 29.1. The smallest absolute Gasteiger partial charge is 0.387 e. The van der Waals surface area contributed by atoms with Crippen molar-refractivity contribution in [1.29, 1.82) is 0 Å². The highest BCUT2D eigenvalue weighted by Crippen LogP contribution is 2.31. The van der Waals surface area contributed by atoms with Crippen LogP contribution in [-0.4, -0.2) is 35.2 Å². The van der Waals surface area contributed by atoms with Crippen LogP contribution in [0.2, 0.25) is 0 Å². The van der Waals surface area contributed by atoms with Crippen LogP contribution in [0, 0.1) is 0 Å². The molecule has 0 spiro atoms. The number of carboxylic acids is 1. The number of alkyl halides is 2. The highest BCUT2D eigenvalue weighted by Gasteiger charge is 2.29. The van der Waals surface area contributed by atoms with E-state index >= 15 is 0 Å². The Morgan fingerprint density at radius 3 is 2.84 bits per heavy atom. The standard InChI is InChI=1S/C12H13F2NO3S/c13-12(14)18-10-4-2-1-3-7(10)8-5-19-6-9(15-8)11(16)17/h1-4,8-9,12,15H,5-6H2,(H,16,17). The fraction of sp³-hybridized carbons (Fsp3) is 0.417. The third kappa shape index (κ3) is 3.57. The van der Waals surface area contributed by atoms with Gasteiger partial charge in [-0.1, -0.05) is 18.2 Å². The SMILES string of the molecule is O=C(O)C1CSCC(c2ccccc2OC(F)F)N1. The fourth-order valence-electron chi connectivity index (χ4n) is 1.94. The van der Waals surface area contributed by atoms with Crippen LogP contribution in [0.4, 0.5) is 8.78 Å². The number of thioether (sulfide) groups is 1. The van der Waals surface area contributed by atoms with Gasteiger partial charge >= 0.3 is 12.6 Å². The van der Waals surface area contributed by atoms with Gasteiger partial charge in [-0.05, 0) is 6.07 Å². The molecule has 2 N–H and O–H groups in total. The van der Waals surface area contributed by atoms with Gasteiger partial charge in [-0.15, -0.1) is 0 Å². The fourth-order valence-corrected chi connectivity index (χ4v) is 3.06. The molecule has 1 fully saturated rings. The Morgan fingerprint density at radius 1 is 1.42 bits per heavy atom. The molecule has 1 saturated heterocycles. The molecule has 0 aromatic heterocycles. The van der Waals surface area contributed by atoms with Crippen LogP contribution < -0.4 is 10.1 Å². The van der Waals surface area contributed by atoms with Gasteiger partial charge < -0.3 is 9.84 Å². The minimum Gasteiger partial charge on any atom is -0.480 e. The monoisotopic (exact) mass is 289 g/mol.